The van der Waals surface area contributed by atoms with Crippen molar-refractivity contribution < 1.29 is 24.4 Å². The van der Waals surface area contributed by atoms with E-state index in [1.807, 2.05) is 24.9 Å². The summed E-state index contributed by atoms with van der Waals surface area (Å²) in [4.78, 5) is 42.5. The smallest absolute Gasteiger partial charge is 0.293 e. The molecule has 0 aromatic heterocycles. The number of benzene rings is 2. The Hall–Kier alpha value is -3.92. The maximum atomic E-state index is 14.2. The molecule has 2 aromatic rings. The predicted octanol–water partition coefficient (Wildman–Crippen LogP) is 5.11. The van der Waals surface area contributed by atoms with Crippen molar-refractivity contribution in [2.24, 2.45) is 11.8 Å². The maximum Gasteiger partial charge on any atom is 0.293 e. The molecular weight excluding hydrogens is 524 g/mol. The van der Waals surface area contributed by atoms with Gasteiger partial charge in [0.25, 0.3) is 11.6 Å². The molecule has 2 N–H and O–H groups in total. The molecule has 0 spiro atoms. The van der Waals surface area contributed by atoms with Crippen LogP contribution < -0.4 is 10.2 Å². The predicted molar refractivity (Wildman–Crippen MR) is 154 cm³/mol. The van der Waals surface area contributed by atoms with E-state index >= 15 is 0 Å². The van der Waals surface area contributed by atoms with Crippen LogP contribution in [-0.4, -0.2) is 52.0 Å². The number of rotatable bonds is 9. The van der Waals surface area contributed by atoms with Gasteiger partial charge in [0.05, 0.1) is 17.6 Å². The number of ether oxygens (including phenoxy) is 1. The lowest BCUT2D eigenvalue weighted by Gasteiger charge is -2.43. The second-order valence-corrected chi connectivity index (χ2v) is 11.5. The molecule has 5 rings (SSSR count). The van der Waals surface area contributed by atoms with E-state index < -0.39 is 16.9 Å². The van der Waals surface area contributed by atoms with Gasteiger partial charge in [0.1, 0.15) is 17.5 Å². The van der Waals surface area contributed by atoms with Crippen LogP contribution in [0.3, 0.4) is 0 Å². The largest absolute Gasteiger partial charge is 0.508 e. The van der Waals surface area contributed by atoms with Crippen LogP contribution in [0.4, 0.5) is 11.4 Å². The van der Waals surface area contributed by atoms with Crippen LogP contribution in [0, 0.1) is 22.0 Å². The zero-order chi connectivity index (χ0) is 29.1. The van der Waals surface area contributed by atoms with Gasteiger partial charge >= 0.3 is 0 Å². The maximum absolute atomic E-state index is 14.2. The van der Waals surface area contributed by atoms with Crippen molar-refractivity contribution in [2.45, 2.75) is 71.1 Å². The number of nitrogens with one attached hydrogen (secondary N) is 1. The molecular formula is C31H38N4O6. The van der Waals surface area contributed by atoms with Crippen molar-refractivity contribution in [1.29, 1.82) is 0 Å². The fraction of sp³-hybridized carbons (Fsp3) is 0.484. The number of hydrogen-bond donors (Lipinski definition) is 2. The summed E-state index contributed by atoms with van der Waals surface area (Å²) in [6.45, 7) is 5.25. The molecule has 1 unspecified atom stereocenters. The van der Waals surface area contributed by atoms with Crippen LogP contribution in [0.2, 0.25) is 0 Å². The van der Waals surface area contributed by atoms with Crippen LogP contribution in [0.25, 0.3) is 0 Å². The number of amides is 2. The first-order valence-corrected chi connectivity index (χ1v) is 14.5. The highest BCUT2D eigenvalue weighted by molar-refractivity contribution is 5.96. The van der Waals surface area contributed by atoms with Crippen molar-refractivity contribution in [3.8, 4) is 5.75 Å². The number of carbonyl (C=O) groups excluding carboxylic acids is 2. The quantitative estimate of drug-likeness (QED) is 0.321. The SMILES string of the molecule is CC(C)[C@@H]1C(=O)N(Cc2ccc(O)cc2)C(C2CCCC2)=CN1c1ccc(C(=O)NCC2CCCO2)cc1[N+](=O)[O-]. The lowest BCUT2D eigenvalue weighted by molar-refractivity contribution is -0.384. The van der Waals surface area contributed by atoms with Gasteiger partial charge in [-0.2, -0.15) is 0 Å². The van der Waals surface area contributed by atoms with Gasteiger partial charge in [0, 0.05) is 42.6 Å². The summed E-state index contributed by atoms with van der Waals surface area (Å²) >= 11 is 0. The molecule has 1 aliphatic carbocycles. The van der Waals surface area contributed by atoms with E-state index in [-0.39, 0.29) is 46.5 Å². The van der Waals surface area contributed by atoms with E-state index in [4.69, 9.17) is 4.74 Å². The summed E-state index contributed by atoms with van der Waals surface area (Å²) in [5.41, 5.74) is 2.00. The molecule has 10 heteroatoms. The number of anilines is 1. The zero-order valence-corrected chi connectivity index (χ0v) is 23.6. The fourth-order valence-corrected chi connectivity index (χ4v) is 6.17. The Bertz CT molecular complexity index is 1310. The standard InChI is InChI=1S/C31H38N4O6/c1-20(2)29-31(38)34(18-21-9-12-24(36)13-10-21)28(22-6-3-4-7-22)19-33(29)26-14-11-23(16-27(26)35(39)40)30(37)32-17-25-8-5-15-41-25/h9-14,16,19-20,22,25,29,36H,3-8,15,17-18H2,1-2H3,(H,32,37)/t25?,29-/m1/s1. The second kappa shape index (κ2) is 12.3. The lowest BCUT2D eigenvalue weighted by atomic mass is 9.93. The Morgan fingerprint density at radius 2 is 1.85 bits per heavy atom. The minimum absolute atomic E-state index is 0.0389. The van der Waals surface area contributed by atoms with Gasteiger partial charge in [-0.3, -0.25) is 19.7 Å². The number of hydrogen-bond acceptors (Lipinski definition) is 7. The molecule has 41 heavy (non-hydrogen) atoms. The molecule has 2 fully saturated rings. The molecule has 3 aliphatic rings. The molecule has 0 bridgehead atoms. The number of phenols is 1. The Kier molecular flexibility index (Phi) is 8.58. The third kappa shape index (κ3) is 6.22. The van der Waals surface area contributed by atoms with Crippen molar-refractivity contribution in [2.75, 3.05) is 18.1 Å². The number of nitrogens with zero attached hydrogens (tertiary/aromatic N) is 3. The summed E-state index contributed by atoms with van der Waals surface area (Å²) in [6, 6.07) is 10.6. The minimum atomic E-state index is -0.671. The normalized spacial score (nSPS) is 21.4. The van der Waals surface area contributed by atoms with Crippen LogP contribution in [0.1, 0.15) is 68.3 Å². The van der Waals surface area contributed by atoms with Crippen molar-refractivity contribution in [3.05, 3.63) is 75.6 Å². The Morgan fingerprint density at radius 1 is 1.12 bits per heavy atom. The van der Waals surface area contributed by atoms with E-state index in [0.717, 1.165) is 49.8 Å². The highest BCUT2D eigenvalue weighted by atomic mass is 16.6. The molecule has 2 aliphatic heterocycles. The van der Waals surface area contributed by atoms with Gasteiger partial charge in [-0.1, -0.05) is 38.8 Å². The third-order valence-electron chi connectivity index (χ3n) is 8.31. The summed E-state index contributed by atoms with van der Waals surface area (Å²) in [5.74, 6) is -0.348. The first-order chi connectivity index (χ1) is 19.7. The number of aromatic hydroxyl groups is 1. The monoisotopic (exact) mass is 562 g/mol. The second-order valence-electron chi connectivity index (χ2n) is 11.5. The number of phenolic OH excluding ortho intramolecular Hbond substituents is 1. The van der Waals surface area contributed by atoms with E-state index in [0.29, 0.717) is 19.7 Å². The molecule has 2 heterocycles. The molecule has 10 nitrogen and oxygen atoms in total. The van der Waals surface area contributed by atoms with E-state index in [9.17, 15) is 24.8 Å². The highest BCUT2D eigenvalue weighted by Crippen LogP contribution is 2.41. The van der Waals surface area contributed by atoms with Gasteiger partial charge < -0.3 is 25.0 Å². The Morgan fingerprint density at radius 3 is 2.49 bits per heavy atom. The van der Waals surface area contributed by atoms with E-state index in [2.05, 4.69) is 5.32 Å². The van der Waals surface area contributed by atoms with Gasteiger partial charge in [-0.25, -0.2) is 0 Å². The van der Waals surface area contributed by atoms with Crippen molar-refractivity contribution in [3.63, 3.8) is 0 Å². The van der Waals surface area contributed by atoms with Crippen molar-refractivity contribution in [1.82, 2.24) is 10.2 Å². The third-order valence-corrected chi connectivity index (χ3v) is 8.31. The molecule has 1 saturated heterocycles. The Labute approximate surface area is 240 Å². The first-order valence-electron chi connectivity index (χ1n) is 14.5. The van der Waals surface area contributed by atoms with Crippen LogP contribution in [-0.2, 0) is 16.1 Å². The van der Waals surface area contributed by atoms with Gasteiger partial charge in [0.15, 0.2) is 0 Å². The molecule has 218 valence electrons. The average Bonchev–Trinajstić information content (AvgIpc) is 3.68. The minimum Gasteiger partial charge on any atom is -0.508 e. The Balaban J connectivity index is 1.51. The molecule has 1 saturated carbocycles. The summed E-state index contributed by atoms with van der Waals surface area (Å²) in [7, 11) is 0. The zero-order valence-electron chi connectivity index (χ0n) is 23.6. The number of carbonyl (C=O) groups is 2. The molecule has 0 radical (unpaired) electrons. The van der Waals surface area contributed by atoms with E-state index in [1.165, 1.54) is 6.07 Å². The highest BCUT2D eigenvalue weighted by Gasteiger charge is 2.42. The lowest BCUT2D eigenvalue weighted by Crippen LogP contribution is -2.54. The van der Waals surface area contributed by atoms with Crippen molar-refractivity contribution >= 4 is 23.2 Å². The van der Waals surface area contributed by atoms with Gasteiger partial charge in [-0.05, 0) is 61.4 Å². The summed E-state index contributed by atoms with van der Waals surface area (Å²) in [5, 5.41) is 24.9. The molecule has 2 atom stereocenters. The van der Waals surface area contributed by atoms with Gasteiger partial charge in [-0.15, -0.1) is 0 Å². The molecule has 2 aromatic carbocycles. The number of nitro benzene ring substituents is 1. The summed E-state index contributed by atoms with van der Waals surface area (Å²) in [6.07, 6.45) is 7.71. The van der Waals surface area contributed by atoms with Crippen LogP contribution in [0.5, 0.6) is 5.75 Å². The topological polar surface area (TPSA) is 125 Å². The first kappa shape index (κ1) is 28.6. The van der Waals surface area contributed by atoms with Crippen LogP contribution in [0.15, 0.2) is 54.4 Å². The summed E-state index contributed by atoms with van der Waals surface area (Å²) < 4.78 is 5.56. The van der Waals surface area contributed by atoms with Gasteiger partial charge in [0.2, 0.25) is 5.91 Å². The average molecular weight is 563 g/mol. The van der Waals surface area contributed by atoms with Crippen LogP contribution >= 0.6 is 0 Å². The number of nitro groups is 1. The van der Waals surface area contributed by atoms with E-state index in [1.54, 1.807) is 41.3 Å². The number of allylic oxidation sites excluding steroid dienone is 1. The fourth-order valence-electron chi connectivity index (χ4n) is 6.17. The molecule has 2 amide bonds.